The molecule has 5 aromatic carbocycles. The summed E-state index contributed by atoms with van der Waals surface area (Å²) in [5, 5.41) is 5.00. The Balaban J connectivity index is 1.69. The summed E-state index contributed by atoms with van der Waals surface area (Å²) in [7, 11) is -2.31. The zero-order valence-electron chi connectivity index (χ0n) is 21.1. The van der Waals surface area contributed by atoms with Gasteiger partial charge < -0.3 is 0 Å². The quantitative estimate of drug-likeness (QED) is 0.190. The van der Waals surface area contributed by atoms with Gasteiger partial charge in [0.15, 0.2) is 7.26 Å². The normalized spacial score (nSPS) is 11.4. The molecule has 0 aliphatic rings. The van der Waals surface area contributed by atoms with Crippen LogP contribution in [0.25, 0.3) is 10.6 Å². The molecule has 0 aliphatic carbocycles. The third-order valence-electron chi connectivity index (χ3n) is 6.58. The van der Waals surface area contributed by atoms with Gasteiger partial charge in [0.05, 0.1) is 0 Å². The molecule has 0 amide bonds. The lowest BCUT2D eigenvalue weighted by atomic mass is 10.2. The smallest absolute Gasteiger partial charge is 0.200 e. The summed E-state index contributed by atoms with van der Waals surface area (Å²) in [5.41, 5.74) is 3.60. The highest BCUT2D eigenvalue weighted by atomic mass is 32.2. The number of hydrogen-bond donors (Lipinski definition) is 0. The molecule has 38 heavy (non-hydrogen) atoms. The van der Waals surface area contributed by atoms with Crippen LogP contribution in [0.3, 0.4) is 0 Å². The molecule has 6 rings (SSSR count). The van der Waals surface area contributed by atoms with Gasteiger partial charge >= 0.3 is 0 Å². The van der Waals surface area contributed by atoms with E-state index in [9.17, 15) is 0 Å². The summed E-state index contributed by atoms with van der Waals surface area (Å²) >= 11 is 3.64. The van der Waals surface area contributed by atoms with Crippen molar-refractivity contribution in [3.05, 3.63) is 151 Å². The van der Waals surface area contributed by atoms with Crippen LogP contribution >= 0.6 is 30.4 Å². The second-order valence-corrected chi connectivity index (χ2v) is 14.7. The first kappa shape index (κ1) is 24.8. The van der Waals surface area contributed by atoms with Gasteiger partial charge in [-0.2, -0.15) is 4.98 Å². The minimum absolute atomic E-state index is 1.06. The van der Waals surface area contributed by atoms with Crippen LogP contribution in [-0.2, 0) is 0 Å². The number of thiazole rings is 1. The van der Waals surface area contributed by atoms with Gasteiger partial charge in [-0.15, -0.1) is 11.3 Å². The lowest BCUT2D eigenvalue weighted by Crippen LogP contribution is -2.39. The van der Waals surface area contributed by atoms with Gasteiger partial charge in [0.25, 0.3) is 0 Å². The summed E-state index contributed by atoms with van der Waals surface area (Å²) in [4.78, 5) is 6.77. The van der Waals surface area contributed by atoms with Crippen molar-refractivity contribution in [2.45, 2.75) is 16.0 Å². The van der Waals surface area contributed by atoms with E-state index in [1.165, 1.54) is 36.0 Å². The fourth-order valence-corrected chi connectivity index (χ4v) is 12.0. The minimum Gasteiger partial charge on any atom is -0.200 e. The van der Waals surface area contributed by atoms with Crippen molar-refractivity contribution in [3.63, 3.8) is 0 Å². The number of aromatic nitrogens is 1. The fraction of sp³-hybridized carbons (Fsp3) is 0.0294. The lowest BCUT2D eigenvalue weighted by Gasteiger charge is -2.26. The third-order valence-corrected chi connectivity index (χ3v) is 13.3. The zero-order chi connectivity index (χ0) is 25.8. The standard InChI is InChI=1S/C34H27NPS2/c1-26-22-24-31(25-23-26)37-34-32(35-33(38-34)27-14-6-2-7-15-27)36(28-16-8-3-9-17-28,29-18-10-4-11-19-29)30-20-12-5-13-21-30/h2-25H,1H3/q+1. The number of aryl methyl sites for hydroxylation is 1. The fourth-order valence-electron chi connectivity index (χ4n) is 4.76. The molecule has 0 saturated carbocycles. The van der Waals surface area contributed by atoms with E-state index in [2.05, 4.69) is 153 Å². The predicted molar refractivity (Wildman–Crippen MR) is 168 cm³/mol. The van der Waals surface area contributed by atoms with Crippen molar-refractivity contribution in [3.8, 4) is 10.6 Å². The highest BCUT2D eigenvalue weighted by Gasteiger charge is 2.52. The Labute approximate surface area is 233 Å². The minimum atomic E-state index is -2.31. The van der Waals surface area contributed by atoms with E-state index in [1.54, 1.807) is 11.3 Å². The summed E-state index contributed by atoms with van der Waals surface area (Å²) < 4.78 is 1.25. The van der Waals surface area contributed by atoms with Crippen LogP contribution in [0.5, 0.6) is 0 Å². The molecule has 1 nitrogen and oxygen atoms in total. The first-order valence-electron chi connectivity index (χ1n) is 12.6. The van der Waals surface area contributed by atoms with E-state index < -0.39 is 7.26 Å². The van der Waals surface area contributed by atoms with Gasteiger partial charge in [-0.05, 0) is 55.5 Å². The average molecular weight is 545 g/mol. The van der Waals surface area contributed by atoms with Crippen molar-refractivity contribution in [1.29, 1.82) is 0 Å². The van der Waals surface area contributed by atoms with Gasteiger partial charge in [0.1, 0.15) is 25.1 Å². The van der Waals surface area contributed by atoms with Crippen LogP contribution in [0.4, 0.5) is 0 Å². The summed E-state index contributed by atoms with van der Waals surface area (Å²) in [6.45, 7) is 2.14. The first-order valence-corrected chi connectivity index (χ1v) is 16.0. The average Bonchev–Trinajstić information content (AvgIpc) is 3.41. The van der Waals surface area contributed by atoms with Crippen LogP contribution < -0.4 is 21.3 Å². The molecule has 184 valence electrons. The molecular weight excluding hydrogens is 517 g/mol. The van der Waals surface area contributed by atoms with Crippen molar-refractivity contribution in [2.75, 3.05) is 0 Å². The van der Waals surface area contributed by atoms with E-state index in [-0.39, 0.29) is 0 Å². The summed E-state index contributed by atoms with van der Waals surface area (Å²) in [6, 6.07) is 52.4. The van der Waals surface area contributed by atoms with Crippen LogP contribution in [0, 0.1) is 6.92 Å². The maximum Gasteiger partial charge on any atom is 0.223 e. The molecule has 1 heterocycles. The number of hydrogen-bond acceptors (Lipinski definition) is 3. The maximum absolute atomic E-state index is 5.54. The molecule has 4 heteroatoms. The molecule has 0 saturated heterocycles. The topological polar surface area (TPSA) is 12.9 Å². The molecule has 0 aliphatic heterocycles. The van der Waals surface area contributed by atoms with Crippen LogP contribution in [0.2, 0.25) is 0 Å². The van der Waals surface area contributed by atoms with Crippen molar-refractivity contribution < 1.29 is 0 Å². The molecule has 0 radical (unpaired) electrons. The number of rotatable bonds is 7. The van der Waals surface area contributed by atoms with Crippen molar-refractivity contribution in [1.82, 2.24) is 4.98 Å². The van der Waals surface area contributed by atoms with Gasteiger partial charge in [0, 0.05) is 10.5 Å². The lowest BCUT2D eigenvalue weighted by molar-refractivity contribution is 1.37. The molecule has 0 fully saturated rings. The zero-order valence-corrected chi connectivity index (χ0v) is 23.6. The van der Waals surface area contributed by atoms with Crippen LogP contribution in [0.1, 0.15) is 5.56 Å². The highest BCUT2D eigenvalue weighted by molar-refractivity contribution is 8.05. The summed E-state index contributed by atoms with van der Waals surface area (Å²) in [5.74, 6) is 0. The van der Waals surface area contributed by atoms with E-state index in [0.29, 0.717) is 0 Å². The molecule has 0 unspecified atom stereocenters. The molecule has 0 spiro atoms. The Morgan fingerprint density at radius 3 is 1.47 bits per heavy atom. The highest BCUT2D eigenvalue weighted by Crippen LogP contribution is 2.57. The Kier molecular flexibility index (Phi) is 7.25. The molecule has 0 N–H and O–H groups in total. The Bertz CT molecular complexity index is 1520. The SMILES string of the molecule is Cc1ccc(Sc2sc(-c3ccccc3)nc2[P+](c2ccccc2)(c2ccccc2)c2ccccc2)cc1. The van der Waals surface area contributed by atoms with Gasteiger partial charge in [0.2, 0.25) is 5.44 Å². The number of benzene rings is 5. The van der Waals surface area contributed by atoms with Crippen molar-refractivity contribution >= 4 is 51.7 Å². The van der Waals surface area contributed by atoms with Gasteiger partial charge in [-0.3, -0.25) is 0 Å². The molecule has 1 aromatic heterocycles. The van der Waals surface area contributed by atoms with Crippen LogP contribution in [0.15, 0.2) is 155 Å². The Morgan fingerprint density at radius 1 is 0.553 bits per heavy atom. The Hall–Kier alpha value is -3.49. The van der Waals surface area contributed by atoms with Gasteiger partial charge in [-0.25, -0.2) is 0 Å². The summed E-state index contributed by atoms with van der Waals surface area (Å²) in [6.07, 6.45) is 0. The Morgan fingerprint density at radius 2 is 1.00 bits per heavy atom. The van der Waals surface area contributed by atoms with Crippen LogP contribution in [-0.4, -0.2) is 4.98 Å². The van der Waals surface area contributed by atoms with E-state index in [0.717, 1.165) is 10.6 Å². The van der Waals surface area contributed by atoms with Gasteiger partial charge in [-0.1, -0.05) is 114 Å². The second kappa shape index (κ2) is 11.1. The van der Waals surface area contributed by atoms with E-state index in [1.807, 2.05) is 11.8 Å². The predicted octanol–water partition coefficient (Wildman–Crippen LogP) is 7.89. The second-order valence-electron chi connectivity index (χ2n) is 9.09. The van der Waals surface area contributed by atoms with E-state index in [4.69, 9.17) is 4.98 Å². The molecule has 6 aromatic rings. The largest absolute Gasteiger partial charge is 0.223 e. The number of nitrogens with zero attached hydrogens (tertiary/aromatic N) is 1. The third kappa shape index (κ3) is 4.74. The van der Waals surface area contributed by atoms with E-state index >= 15 is 0 Å². The molecule has 0 bridgehead atoms. The van der Waals surface area contributed by atoms with Crippen molar-refractivity contribution in [2.24, 2.45) is 0 Å². The maximum atomic E-state index is 5.54. The molecule has 0 atom stereocenters. The first-order chi connectivity index (χ1) is 18.7. The molecular formula is C34H27NPS2+. The monoisotopic (exact) mass is 544 g/mol.